The zero-order valence-corrected chi connectivity index (χ0v) is 10.3. The van der Waals surface area contributed by atoms with E-state index in [-0.39, 0.29) is 5.97 Å². The third kappa shape index (κ3) is 3.31. The first-order chi connectivity index (χ1) is 7.69. The van der Waals surface area contributed by atoms with Crippen LogP contribution in [-0.2, 0) is 9.53 Å². The van der Waals surface area contributed by atoms with Crippen LogP contribution in [0.2, 0.25) is 0 Å². The zero-order valence-electron chi connectivity index (χ0n) is 9.52. The van der Waals surface area contributed by atoms with Gasteiger partial charge in [0.05, 0.1) is 19.1 Å². The molecule has 0 fully saturated rings. The molecule has 86 valence electrons. The van der Waals surface area contributed by atoms with Crippen LogP contribution >= 0.6 is 11.8 Å². The minimum Gasteiger partial charge on any atom is -0.496 e. The Balaban J connectivity index is 2.77. The maximum absolute atomic E-state index is 11.2. The molecule has 0 saturated heterocycles. The highest BCUT2D eigenvalue weighted by Crippen LogP contribution is 2.30. The Morgan fingerprint density at radius 3 is 2.62 bits per heavy atom. The van der Waals surface area contributed by atoms with Crippen LogP contribution in [-0.4, -0.2) is 20.2 Å². The largest absolute Gasteiger partial charge is 0.496 e. The van der Waals surface area contributed by atoms with Gasteiger partial charge in [-0.1, -0.05) is 23.9 Å². The Morgan fingerprint density at radius 1 is 1.31 bits per heavy atom. The van der Waals surface area contributed by atoms with Crippen LogP contribution in [0.3, 0.4) is 0 Å². The van der Waals surface area contributed by atoms with E-state index in [1.165, 1.54) is 18.9 Å². The zero-order chi connectivity index (χ0) is 12.0. The number of para-hydroxylation sites is 1. The highest BCUT2D eigenvalue weighted by atomic mass is 32.2. The van der Waals surface area contributed by atoms with Gasteiger partial charge in [-0.2, -0.15) is 0 Å². The summed E-state index contributed by atoms with van der Waals surface area (Å²) in [5.41, 5.74) is 0.568. The van der Waals surface area contributed by atoms with Crippen molar-refractivity contribution in [2.45, 2.75) is 11.8 Å². The second-order valence-electron chi connectivity index (χ2n) is 3.06. The van der Waals surface area contributed by atoms with Crippen LogP contribution in [0.25, 0.3) is 0 Å². The van der Waals surface area contributed by atoms with Crippen LogP contribution in [0.4, 0.5) is 0 Å². The van der Waals surface area contributed by atoms with E-state index in [0.717, 1.165) is 10.6 Å². The summed E-state index contributed by atoms with van der Waals surface area (Å²) in [7, 11) is 2.99. The number of thioether (sulfide) groups is 1. The molecule has 1 aromatic rings. The SMILES string of the molecule is COC(=O)/C(C)=C/Sc1ccccc1OC. The fraction of sp³-hybridized carbons (Fsp3) is 0.250. The van der Waals surface area contributed by atoms with E-state index in [1.54, 1.807) is 19.4 Å². The molecule has 0 aliphatic rings. The van der Waals surface area contributed by atoms with Crippen molar-refractivity contribution >= 4 is 17.7 Å². The number of rotatable bonds is 4. The van der Waals surface area contributed by atoms with Gasteiger partial charge in [0.25, 0.3) is 0 Å². The Hall–Kier alpha value is -1.42. The number of benzene rings is 1. The maximum Gasteiger partial charge on any atom is 0.333 e. The molecule has 0 bridgehead atoms. The molecule has 0 aliphatic carbocycles. The van der Waals surface area contributed by atoms with Crippen LogP contribution in [0.15, 0.2) is 40.1 Å². The van der Waals surface area contributed by atoms with Crippen LogP contribution < -0.4 is 4.74 Å². The van der Waals surface area contributed by atoms with E-state index in [1.807, 2.05) is 24.3 Å². The first-order valence-corrected chi connectivity index (χ1v) is 5.61. The van der Waals surface area contributed by atoms with Crippen LogP contribution in [0.5, 0.6) is 5.75 Å². The lowest BCUT2D eigenvalue weighted by Crippen LogP contribution is -2.00. The topological polar surface area (TPSA) is 35.5 Å². The minimum absolute atomic E-state index is 0.317. The molecular weight excluding hydrogens is 224 g/mol. The van der Waals surface area contributed by atoms with E-state index in [9.17, 15) is 4.79 Å². The molecule has 0 spiro atoms. The van der Waals surface area contributed by atoms with E-state index < -0.39 is 0 Å². The number of carbonyl (C=O) groups is 1. The second kappa shape index (κ2) is 6.23. The molecule has 1 aromatic carbocycles. The fourth-order valence-corrected chi connectivity index (χ4v) is 1.90. The average Bonchev–Trinajstić information content (AvgIpc) is 2.35. The quantitative estimate of drug-likeness (QED) is 0.459. The summed E-state index contributed by atoms with van der Waals surface area (Å²) < 4.78 is 9.80. The number of carbonyl (C=O) groups excluding carboxylic acids is 1. The summed E-state index contributed by atoms with van der Waals surface area (Å²) in [6, 6.07) is 7.64. The van der Waals surface area contributed by atoms with Gasteiger partial charge in [0.1, 0.15) is 5.75 Å². The third-order valence-corrected chi connectivity index (χ3v) is 3.00. The average molecular weight is 238 g/mol. The molecule has 0 N–H and O–H groups in total. The summed E-state index contributed by atoms with van der Waals surface area (Å²) in [4.78, 5) is 12.1. The summed E-state index contributed by atoms with van der Waals surface area (Å²) in [5, 5.41) is 1.75. The molecular formula is C12H14O3S. The lowest BCUT2D eigenvalue weighted by Gasteiger charge is -2.05. The van der Waals surface area contributed by atoms with Gasteiger partial charge in [-0.05, 0) is 24.5 Å². The Kier molecular flexibility index (Phi) is 4.92. The molecule has 3 nitrogen and oxygen atoms in total. The van der Waals surface area contributed by atoms with Crippen molar-refractivity contribution in [3.8, 4) is 5.75 Å². The second-order valence-corrected chi connectivity index (χ2v) is 3.97. The number of hydrogen-bond donors (Lipinski definition) is 0. The van der Waals surface area contributed by atoms with E-state index in [2.05, 4.69) is 4.74 Å². The summed E-state index contributed by atoms with van der Waals surface area (Å²) in [5.74, 6) is 0.476. The molecule has 0 atom stereocenters. The predicted molar refractivity (Wildman–Crippen MR) is 64.6 cm³/mol. The molecule has 16 heavy (non-hydrogen) atoms. The van der Waals surface area contributed by atoms with Crippen molar-refractivity contribution in [1.82, 2.24) is 0 Å². The van der Waals surface area contributed by atoms with Gasteiger partial charge in [0.2, 0.25) is 0 Å². The Labute approximate surface area is 99.4 Å². The van der Waals surface area contributed by atoms with Gasteiger partial charge in [0, 0.05) is 5.57 Å². The Bertz CT molecular complexity index is 399. The van der Waals surface area contributed by atoms with Gasteiger partial charge < -0.3 is 9.47 Å². The molecule has 0 saturated carbocycles. The number of hydrogen-bond acceptors (Lipinski definition) is 4. The highest BCUT2D eigenvalue weighted by Gasteiger charge is 2.04. The fourth-order valence-electron chi connectivity index (χ4n) is 1.08. The summed E-state index contributed by atoms with van der Waals surface area (Å²) in [6.45, 7) is 1.72. The van der Waals surface area contributed by atoms with Gasteiger partial charge in [-0.15, -0.1) is 0 Å². The number of ether oxygens (including phenoxy) is 2. The highest BCUT2D eigenvalue weighted by molar-refractivity contribution is 8.02. The van der Waals surface area contributed by atoms with Crippen molar-refractivity contribution in [3.63, 3.8) is 0 Å². The van der Waals surface area contributed by atoms with Gasteiger partial charge in [-0.3, -0.25) is 0 Å². The van der Waals surface area contributed by atoms with E-state index >= 15 is 0 Å². The van der Waals surface area contributed by atoms with E-state index in [4.69, 9.17) is 4.74 Å². The van der Waals surface area contributed by atoms with E-state index in [0.29, 0.717) is 5.57 Å². The molecule has 0 radical (unpaired) electrons. The summed E-state index contributed by atoms with van der Waals surface area (Å²) in [6.07, 6.45) is 0. The maximum atomic E-state index is 11.2. The molecule has 4 heteroatoms. The van der Waals surface area contributed by atoms with Crippen LogP contribution in [0.1, 0.15) is 6.92 Å². The standard InChI is InChI=1S/C12H14O3S/c1-9(12(13)15-3)8-16-11-7-5-4-6-10(11)14-2/h4-8H,1-3H3/b9-8+. The molecule has 0 unspecified atom stereocenters. The van der Waals surface area contributed by atoms with Crippen molar-refractivity contribution in [2.24, 2.45) is 0 Å². The monoisotopic (exact) mass is 238 g/mol. The van der Waals surface area contributed by atoms with Crippen LogP contribution in [0, 0.1) is 0 Å². The molecule has 0 heterocycles. The molecule has 0 aliphatic heterocycles. The van der Waals surface area contributed by atoms with Crippen molar-refractivity contribution in [2.75, 3.05) is 14.2 Å². The molecule has 0 amide bonds. The summed E-state index contributed by atoms with van der Waals surface area (Å²) >= 11 is 1.44. The minimum atomic E-state index is -0.317. The first kappa shape index (κ1) is 12.6. The predicted octanol–water partition coefficient (Wildman–Crippen LogP) is 2.86. The van der Waals surface area contributed by atoms with Gasteiger partial charge in [-0.25, -0.2) is 4.79 Å². The smallest absolute Gasteiger partial charge is 0.333 e. The molecule has 1 rings (SSSR count). The number of methoxy groups -OCH3 is 2. The lowest BCUT2D eigenvalue weighted by molar-refractivity contribution is -0.136. The number of esters is 1. The first-order valence-electron chi connectivity index (χ1n) is 4.73. The van der Waals surface area contributed by atoms with Gasteiger partial charge in [0.15, 0.2) is 0 Å². The normalized spacial score (nSPS) is 11.1. The molecule has 0 aromatic heterocycles. The lowest BCUT2D eigenvalue weighted by atomic mass is 10.3. The van der Waals surface area contributed by atoms with Crippen molar-refractivity contribution < 1.29 is 14.3 Å². The third-order valence-electron chi connectivity index (χ3n) is 1.94. The Morgan fingerprint density at radius 2 is 2.00 bits per heavy atom. The van der Waals surface area contributed by atoms with Crippen molar-refractivity contribution in [1.29, 1.82) is 0 Å². The van der Waals surface area contributed by atoms with Gasteiger partial charge >= 0.3 is 5.97 Å². The van der Waals surface area contributed by atoms with Crippen molar-refractivity contribution in [3.05, 3.63) is 35.2 Å².